The number of anilines is 6. The fraction of sp³-hybridized carbons (Fsp3) is 0. The van der Waals surface area contributed by atoms with Crippen LogP contribution in [0.5, 0.6) is 0 Å². The quantitative estimate of drug-likeness (QED) is 0.103. The molecule has 210 valence electrons. The van der Waals surface area contributed by atoms with E-state index in [1.165, 1.54) is 36.4 Å². The van der Waals surface area contributed by atoms with Gasteiger partial charge in [0.25, 0.3) is 10.1 Å². The van der Waals surface area contributed by atoms with Crippen molar-refractivity contribution in [1.29, 1.82) is 0 Å². The average Bonchev–Trinajstić information content (AvgIpc) is 2.81. The minimum absolute atomic E-state index is 0. The molecular weight excluding hydrogens is 634 g/mol. The molecule has 21 heteroatoms. The van der Waals surface area contributed by atoms with Crippen LogP contribution in [0, 0.1) is 0 Å². The van der Waals surface area contributed by atoms with Gasteiger partial charge in [0.15, 0.2) is 0 Å². The fourth-order valence-electron chi connectivity index (χ4n) is 3.22. The van der Waals surface area contributed by atoms with Crippen LogP contribution in [-0.4, -0.2) is 85.4 Å². The molecule has 2 aromatic heterocycles. The van der Waals surface area contributed by atoms with E-state index in [4.69, 9.17) is 34.7 Å². The van der Waals surface area contributed by atoms with Gasteiger partial charge in [-0.1, -0.05) is 24.3 Å². The third-order valence-electron chi connectivity index (χ3n) is 4.78. The number of nitrogen functional groups attached to an aromatic ring is 2. The van der Waals surface area contributed by atoms with Crippen LogP contribution in [0.15, 0.2) is 46.2 Å². The normalized spacial score (nSPS) is 11.7. The van der Waals surface area contributed by atoms with Gasteiger partial charge in [0.1, 0.15) is 15.0 Å². The molecule has 0 fully saturated rings. The molecule has 0 aliphatic heterocycles. The number of nitrogens with one attached hydrogen (secondary N) is 2. The third kappa shape index (κ3) is 8.64. The van der Waals surface area contributed by atoms with Gasteiger partial charge < -0.3 is 26.7 Å². The van der Waals surface area contributed by atoms with Gasteiger partial charge in [-0.3, -0.25) is 4.55 Å². The van der Waals surface area contributed by atoms with Crippen molar-refractivity contribution >= 4 is 120 Å². The van der Waals surface area contributed by atoms with E-state index >= 15 is 0 Å². The molecule has 0 bridgehead atoms. The first-order valence-electron chi connectivity index (χ1n) is 10.4. The molecule has 16 nitrogen and oxygen atoms in total. The molecule has 4 rings (SSSR count). The number of nitrogens with two attached hydrogens (primary N) is 2. The van der Waals surface area contributed by atoms with Gasteiger partial charge in [-0.15, -0.1) is 0 Å². The first kappa shape index (κ1) is 32.3. The summed E-state index contributed by atoms with van der Waals surface area (Å²) in [5.74, 6) is -0.591. The van der Waals surface area contributed by atoms with Gasteiger partial charge in [-0.05, 0) is 58.6 Å². The fourth-order valence-corrected chi connectivity index (χ4v) is 4.96. The van der Waals surface area contributed by atoms with Crippen LogP contribution >= 0.6 is 23.2 Å². The van der Waals surface area contributed by atoms with Crippen LogP contribution < -0.4 is 22.1 Å². The Morgan fingerprint density at radius 3 is 1.56 bits per heavy atom. The Balaban J connectivity index is 0.00000308. The van der Waals surface area contributed by atoms with E-state index in [-0.39, 0.29) is 87.8 Å². The molecule has 0 atom stereocenters. The molecule has 0 unspecified atom stereocenters. The summed E-state index contributed by atoms with van der Waals surface area (Å²) in [6, 6.07) is 7.44. The molecule has 2 heterocycles. The van der Waals surface area contributed by atoms with E-state index in [2.05, 4.69) is 40.5 Å². The zero-order valence-electron chi connectivity index (χ0n) is 20.5. The van der Waals surface area contributed by atoms with E-state index in [1.807, 2.05) is 0 Å². The second-order valence-corrected chi connectivity index (χ2v) is 11.0. The van der Waals surface area contributed by atoms with Crippen LogP contribution in [0.3, 0.4) is 0 Å². The van der Waals surface area contributed by atoms with Crippen molar-refractivity contribution in [3.63, 3.8) is 0 Å². The monoisotopic (exact) mass is 650 g/mol. The Kier molecular flexibility index (Phi) is 10.1. The summed E-state index contributed by atoms with van der Waals surface area (Å²) in [7, 11) is -9.80. The van der Waals surface area contributed by atoms with Crippen molar-refractivity contribution in [2.75, 3.05) is 22.1 Å². The predicted molar refractivity (Wildman–Crippen MR) is 153 cm³/mol. The second kappa shape index (κ2) is 12.8. The maximum absolute atomic E-state index is 12.1. The molecule has 0 saturated carbocycles. The zero-order chi connectivity index (χ0) is 29.2. The van der Waals surface area contributed by atoms with Crippen LogP contribution in [0.4, 0.5) is 35.2 Å². The molecule has 0 radical (unpaired) electrons. The van der Waals surface area contributed by atoms with Crippen LogP contribution in [0.25, 0.3) is 12.2 Å². The summed E-state index contributed by atoms with van der Waals surface area (Å²) in [6.07, 6.45) is 2.37. The van der Waals surface area contributed by atoms with Crippen LogP contribution in [0.1, 0.15) is 12.6 Å². The van der Waals surface area contributed by atoms with Crippen molar-refractivity contribution in [3.05, 3.63) is 58.1 Å². The van der Waals surface area contributed by atoms with Crippen molar-refractivity contribution in [1.82, 2.24) is 29.9 Å². The summed E-state index contributed by atoms with van der Waals surface area (Å²) >= 11 is 11.5. The molecule has 0 aliphatic rings. The second-order valence-electron chi connectivity index (χ2n) is 7.59. The summed E-state index contributed by atoms with van der Waals surface area (Å²) in [5, 5.41) is 4.90. The molecule has 0 amide bonds. The molecular formula is C20H17Cl2N10NaO6S2. The number of halogens is 2. The predicted octanol–water partition coefficient (Wildman–Crippen LogP) is 1.80. The van der Waals surface area contributed by atoms with Crippen LogP contribution in [-0.2, 0) is 20.2 Å². The maximum atomic E-state index is 12.1. The van der Waals surface area contributed by atoms with E-state index < -0.39 is 30.0 Å². The van der Waals surface area contributed by atoms with E-state index in [0.717, 1.165) is 12.1 Å². The Morgan fingerprint density at radius 2 is 1.17 bits per heavy atom. The molecule has 41 heavy (non-hydrogen) atoms. The van der Waals surface area contributed by atoms with Gasteiger partial charge in [0.2, 0.25) is 34.4 Å². The van der Waals surface area contributed by atoms with Crippen LogP contribution in [0.2, 0.25) is 10.6 Å². The summed E-state index contributed by atoms with van der Waals surface area (Å²) in [5.41, 5.74) is 11.1. The molecule has 4 aromatic rings. The number of rotatable bonds is 8. The Bertz CT molecular complexity index is 1710. The SMILES string of the molecule is Nc1nc(Cl)nc(Nc2ccc(C=Cc3ccc(Nc4nc(N)nc(Cl)n4)cc3S(=O)(=O)O)c(S(=O)(=O)[O-])c2)n1.[H+].[NaH]. The molecule has 7 N–H and O–H groups in total. The van der Waals surface area contributed by atoms with Gasteiger partial charge >= 0.3 is 31.0 Å². The Hall–Kier alpha value is -3.20. The van der Waals surface area contributed by atoms with E-state index in [1.54, 1.807) is 0 Å². The summed E-state index contributed by atoms with van der Waals surface area (Å²) < 4.78 is 69.9. The first-order valence-corrected chi connectivity index (χ1v) is 14.1. The van der Waals surface area contributed by atoms with Crippen molar-refractivity contribution in [3.8, 4) is 0 Å². The molecule has 0 saturated heterocycles. The number of benzene rings is 2. The third-order valence-corrected chi connectivity index (χ3v) is 6.92. The minimum atomic E-state index is -5.02. The number of hydrogen-bond acceptors (Lipinski definition) is 15. The molecule has 2 aromatic carbocycles. The number of aromatic nitrogens is 6. The van der Waals surface area contributed by atoms with Gasteiger partial charge in [-0.2, -0.15) is 38.3 Å². The first-order chi connectivity index (χ1) is 18.7. The van der Waals surface area contributed by atoms with Crippen molar-refractivity contribution in [2.45, 2.75) is 9.79 Å². The van der Waals surface area contributed by atoms with E-state index in [9.17, 15) is 25.9 Å². The topological polar surface area (TPSA) is 265 Å². The Morgan fingerprint density at radius 1 is 0.756 bits per heavy atom. The van der Waals surface area contributed by atoms with Crippen molar-refractivity contribution in [2.24, 2.45) is 0 Å². The molecule has 0 spiro atoms. The summed E-state index contributed by atoms with van der Waals surface area (Å²) in [6.45, 7) is 0. The van der Waals surface area contributed by atoms with Crippen molar-refractivity contribution < 1.29 is 27.4 Å². The number of nitrogens with zero attached hydrogens (tertiary/aromatic N) is 6. The van der Waals surface area contributed by atoms with E-state index in [0.29, 0.717) is 0 Å². The van der Waals surface area contributed by atoms with Gasteiger partial charge in [-0.25, -0.2) is 8.42 Å². The van der Waals surface area contributed by atoms with Gasteiger partial charge in [0.05, 0.1) is 4.90 Å². The Labute approximate surface area is 266 Å². The number of hydrogen-bond donors (Lipinski definition) is 5. The molecule has 0 aliphatic carbocycles. The zero-order valence-corrected chi connectivity index (χ0v) is 22.7. The summed E-state index contributed by atoms with van der Waals surface area (Å²) in [4.78, 5) is 21.2. The average molecular weight is 651 g/mol. The standard InChI is InChI=1S/C20H16Cl2N10O6S2.Na.H/c21-15-27-17(23)31-19(29-15)25-11-5-3-9(13(7-11)39(33,34)35)1-2-10-4-6-12(8-14(10)40(36,37)38)26-20-30-16(22)28-18(24)32-20;;/h1-8H,(H,33,34,35)(H,36,37,38)(H3,23,25,27,29,31)(H3,24,26,28,30,32);;. The van der Waals surface area contributed by atoms with Gasteiger partial charge in [0, 0.05) is 11.4 Å².